The van der Waals surface area contributed by atoms with Crippen LogP contribution >= 0.6 is 0 Å². The van der Waals surface area contributed by atoms with E-state index in [0.29, 0.717) is 12.2 Å². The highest BCUT2D eigenvalue weighted by Crippen LogP contribution is 2.13. The largest absolute Gasteiger partial charge is 0.481 e. The molecule has 0 aliphatic carbocycles. The van der Waals surface area contributed by atoms with E-state index in [1.165, 1.54) is 6.42 Å². The lowest BCUT2D eigenvalue weighted by molar-refractivity contribution is -0.147. The lowest BCUT2D eigenvalue weighted by Gasteiger charge is -2.17. The third-order valence-corrected chi connectivity index (χ3v) is 3.64. The van der Waals surface area contributed by atoms with Crippen molar-refractivity contribution >= 4 is 11.9 Å². The molecule has 0 heterocycles. The molecule has 0 saturated heterocycles. The number of ether oxygens (including phenoxy) is 2. The number of methoxy groups -OCH3 is 1. The van der Waals surface area contributed by atoms with Crippen molar-refractivity contribution in [1.29, 1.82) is 0 Å². The number of hydrogen-bond donors (Lipinski definition) is 1. The molecule has 0 fully saturated rings. The zero-order valence-corrected chi connectivity index (χ0v) is 14.6. The van der Waals surface area contributed by atoms with Gasteiger partial charge in [-0.15, -0.1) is 0 Å². The van der Waals surface area contributed by atoms with E-state index in [2.05, 4.69) is 6.58 Å². The average Bonchev–Trinajstić information content (AvgIpc) is 2.48. The van der Waals surface area contributed by atoms with E-state index in [1.807, 2.05) is 0 Å². The minimum Gasteiger partial charge on any atom is -0.481 e. The highest BCUT2D eigenvalue weighted by Gasteiger charge is 2.14. The van der Waals surface area contributed by atoms with Crippen LogP contribution in [0, 0.1) is 0 Å². The summed E-state index contributed by atoms with van der Waals surface area (Å²) in [6.07, 6.45) is 9.40. The van der Waals surface area contributed by atoms with Crippen LogP contribution in [0.4, 0.5) is 0 Å². The SMILES string of the molecule is C=C(C)C(=O)OC(CCCCCCCCCCC(=O)O)COC. The van der Waals surface area contributed by atoms with Gasteiger partial charge in [-0.2, -0.15) is 0 Å². The summed E-state index contributed by atoms with van der Waals surface area (Å²) in [4.78, 5) is 21.9. The van der Waals surface area contributed by atoms with Crippen molar-refractivity contribution in [3.8, 4) is 0 Å². The summed E-state index contributed by atoms with van der Waals surface area (Å²) in [5, 5.41) is 8.54. The number of carboxylic acids is 1. The molecule has 0 aliphatic heterocycles. The Labute approximate surface area is 140 Å². The fourth-order valence-electron chi connectivity index (χ4n) is 2.32. The Morgan fingerprint density at radius 2 is 1.52 bits per heavy atom. The number of hydrogen-bond acceptors (Lipinski definition) is 4. The lowest BCUT2D eigenvalue weighted by Crippen LogP contribution is -2.23. The molecule has 5 heteroatoms. The van der Waals surface area contributed by atoms with E-state index in [0.717, 1.165) is 51.4 Å². The zero-order chi connectivity index (χ0) is 17.5. The maximum Gasteiger partial charge on any atom is 0.333 e. The molecule has 0 amide bonds. The van der Waals surface area contributed by atoms with E-state index < -0.39 is 5.97 Å². The predicted octanol–water partition coefficient (Wildman–Crippen LogP) is 4.11. The van der Waals surface area contributed by atoms with Gasteiger partial charge in [0.2, 0.25) is 0 Å². The molecule has 0 aliphatic rings. The number of esters is 1. The van der Waals surface area contributed by atoms with Crippen LogP contribution in [0.3, 0.4) is 0 Å². The molecule has 1 atom stereocenters. The molecule has 0 aromatic rings. The smallest absolute Gasteiger partial charge is 0.333 e. The van der Waals surface area contributed by atoms with E-state index >= 15 is 0 Å². The molecule has 1 N–H and O–H groups in total. The van der Waals surface area contributed by atoms with E-state index in [1.54, 1.807) is 14.0 Å². The summed E-state index contributed by atoms with van der Waals surface area (Å²) in [6, 6.07) is 0. The summed E-state index contributed by atoms with van der Waals surface area (Å²) in [5.41, 5.74) is 0.411. The van der Waals surface area contributed by atoms with E-state index in [9.17, 15) is 9.59 Å². The van der Waals surface area contributed by atoms with Crippen LogP contribution in [0.15, 0.2) is 12.2 Å². The van der Waals surface area contributed by atoms with Gasteiger partial charge in [0.15, 0.2) is 0 Å². The highest BCUT2D eigenvalue weighted by atomic mass is 16.6. The Hall–Kier alpha value is -1.36. The molecule has 1 unspecified atom stereocenters. The second kappa shape index (κ2) is 14.2. The second-order valence-electron chi connectivity index (χ2n) is 6.02. The molecular weight excluding hydrogens is 296 g/mol. The first-order chi connectivity index (χ1) is 11.0. The molecule has 0 aromatic heterocycles. The lowest BCUT2D eigenvalue weighted by atomic mass is 10.1. The summed E-state index contributed by atoms with van der Waals surface area (Å²) in [6.45, 7) is 5.64. The maximum atomic E-state index is 11.5. The van der Waals surface area contributed by atoms with Crippen LogP contribution in [-0.4, -0.2) is 36.9 Å². The van der Waals surface area contributed by atoms with Crippen LogP contribution in [-0.2, 0) is 19.1 Å². The molecule has 23 heavy (non-hydrogen) atoms. The van der Waals surface area contributed by atoms with Crippen LogP contribution in [0.2, 0.25) is 0 Å². The molecule has 134 valence electrons. The van der Waals surface area contributed by atoms with Gasteiger partial charge in [-0.25, -0.2) is 4.79 Å². The molecule has 5 nitrogen and oxygen atoms in total. The monoisotopic (exact) mass is 328 g/mol. The van der Waals surface area contributed by atoms with Gasteiger partial charge in [0.1, 0.15) is 6.10 Å². The highest BCUT2D eigenvalue weighted by molar-refractivity contribution is 5.87. The summed E-state index contributed by atoms with van der Waals surface area (Å²) >= 11 is 0. The van der Waals surface area contributed by atoms with Crippen LogP contribution in [0.1, 0.15) is 71.1 Å². The molecule has 0 spiro atoms. The van der Waals surface area contributed by atoms with Crippen molar-refractivity contribution < 1.29 is 24.2 Å². The maximum absolute atomic E-state index is 11.5. The summed E-state index contributed by atoms with van der Waals surface area (Å²) in [7, 11) is 1.60. The van der Waals surface area contributed by atoms with Gasteiger partial charge in [0.05, 0.1) is 6.61 Å². The fourth-order valence-corrected chi connectivity index (χ4v) is 2.32. The van der Waals surface area contributed by atoms with Gasteiger partial charge in [-0.3, -0.25) is 4.79 Å². The zero-order valence-electron chi connectivity index (χ0n) is 14.6. The van der Waals surface area contributed by atoms with Crippen LogP contribution in [0.25, 0.3) is 0 Å². The number of aliphatic carboxylic acids is 1. The number of unbranched alkanes of at least 4 members (excludes halogenated alkanes) is 7. The first kappa shape index (κ1) is 21.6. The first-order valence-corrected chi connectivity index (χ1v) is 8.54. The van der Waals surface area contributed by atoms with Gasteiger partial charge in [-0.05, 0) is 26.2 Å². The number of rotatable bonds is 15. The number of carboxylic acid groups (broad SMARTS) is 1. The molecule has 0 saturated carbocycles. The third kappa shape index (κ3) is 14.0. The van der Waals surface area contributed by atoms with Gasteiger partial charge in [0.25, 0.3) is 0 Å². The van der Waals surface area contributed by atoms with Crippen LogP contribution in [0.5, 0.6) is 0 Å². The Bertz CT molecular complexity index is 351. The van der Waals surface area contributed by atoms with Crippen molar-refractivity contribution in [1.82, 2.24) is 0 Å². The minimum absolute atomic E-state index is 0.194. The Morgan fingerprint density at radius 1 is 1.00 bits per heavy atom. The number of carbonyl (C=O) groups is 2. The van der Waals surface area contributed by atoms with Crippen molar-refractivity contribution in [2.75, 3.05) is 13.7 Å². The Balaban J connectivity index is 3.57. The average molecular weight is 328 g/mol. The van der Waals surface area contributed by atoms with E-state index in [-0.39, 0.29) is 18.5 Å². The molecule has 0 radical (unpaired) electrons. The van der Waals surface area contributed by atoms with Crippen molar-refractivity contribution in [3.05, 3.63) is 12.2 Å². The molecule has 0 rings (SSSR count). The topological polar surface area (TPSA) is 72.8 Å². The summed E-state index contributed by atoms with van der Waals surface area (Å²) in [5.74, 6) is -1.06. The van der Waals surface area contributed by atoms with Gasteiger partial charge in [-0.1, -0.05) is 45.1 Å². The van der Waals surface area contributed by atoms with Crippen molar-refractivity contribution in [2.45, 2.75) is 77.2 Å². The predicted molar refractivity (Wildman–Crippen MR) is 90.4 cm³/mol. The Kier molecular flexibility index (Phi) is 13.4. The summed E-state index contributed by atoms with van der Waals surface area (Å²) < 4.78 is 10.4. The first-order valence-electron chi connectivity index (χ1n) is 8.54. The minimum atomic E-state index is -0.706. The standard InChI is InChI=1S/C18H32O5/c1-15(2)18(21)23-16(14-22-3)12-10-8-6-4-5-7-9-11-13-17(19)20/h16H,1,4-14H2,2-3H3,(H,19,20). The fraction of sp³-hybridized carbons (Fsp3) is 0.778. The van der Waals surface area contributed by atoms with Gasteiger partial charge >= 0.3 is 11.9 Å². The van der Waals surface area contributed by atoms with E-state index in [4.69, 9.17) is 14.6 Å². The molecular formula is C18H32O5. The second-order valence-corrected chi connectivity index (χ2v) is 6.02. The molecule has 0 aromatic carbocycles. The van der Waals surface area contributed by atoms with Gasteiger partial charge in [0, 0.05) is 19.1 Å². The van der Waals surface area contributed by atoms with Crippen molar-refractivity contribution in [2.24, 2.45) is 0 Å². The van der Waals surface area contributed by atoms with Crippen LogP contribution < -0.4 is 0 Å². The van der Waals surface area contributed by atoms with Crippen molar-refractivity contribution in [3.63, 3.8) is 0 Å². The quantitative estimate of drug-likeness (QED) is 0.278. The number of carbonyl (C=O) groups excluding carboxylic acids is 1. The normalized spacial score (nSPS) is 11.9. The third-order valence-electron chi connectivity index (χ3n) is 3.64. The molecule has 0 bridgehead atoms. The van der Waals surface area contributed by atoms with Gasteiger partial charge < -0.3 is 14.6 Å². The Morgan fingerprint density at radius 3 is 2.00 bits per heavy atom.